The molecule has 1 saturated carbocycles. The van der Waals surface area contributed by atoms with Crippen LogP contribution < -0.4 is 25.4 Å². The summed E-state index contributed by atoms with van der Waals surface area (Å²) in [6, 6.07) is 7.32. The first-order valence-electron chi connectivity index (χ1n) is 10.5. The summed E-state index contributed by atoms with van der Waals surface area (Å²) in [4.78, 5) is 2.67. The molecule has 2 atom stereocenters. The number of rotatable bonds is 6. The molecule has 0 bridgehead atoms. The van der Waals surface area contributed by atoms with Crippen LogP contribution in [0.25, 0.3) is 0 Å². The molecule has 1 aromatic rings. The largest absolute Gasteiger partial charge is 0.497 e. The van der Waals surface area contributed by atoms with Gasteiger partial charge in [0, 0.05) is 49.9 Å². The van der Waals surface area contributed by atoms with Gasteiger partial charge >= 0.3 is 0 Å². The van der Waals surface area contributed by atoms with Gasteiger partial charge in [0.2, 0.25) is 0 Å². The van der Waals surface area contributed by atoms with Crippen molar-refractivity contribution in [3.05, 3.63) is 36.2 Å². The van der Waals surface area contributed by atoms with Gasteiger partial charge in [-0.2, -0.15) is 0 Å². The van der Waals surface area contributed by atoms with E-state index in [1.54, 1.807) is 14.2 Å². The van der Waals surface area contributed by atoms with Gasteiger partial charge in [-0.25, -0.2) is 0 Å². The fourth-order valence-electron chi connectivity index (χ4n) is 4.36. The molecule has 6 nitrogen and oxygen atoms in total. The van der Waals surface area contributed by atoms with Crippen LogP contribution in [0.2, 0.25) is 0 Å². The predicted molar refractivity (Wildman–Crippen MR) is 114 cm³/mol. The molecule has 3 fully saturated rings. The smallest absolute Gasteiger partial charge is 0.127 e. The molecule has 156 valence electrons. The number of ether oxygens (including phenoxy) is 2. The van der Waals surface area contributed by atoms with Gasteiger partial charge in [-0.05, 0) is 25.3 Å². The van der Waals surface area contributed by atoms with E-state index < -0.39 is 0 Å². The topological polar surface area (TPSA) is 57.8 Å². The van der Waals surface area contributed by atoms with E-state index in [9.17, 15) is 0 Å². The highest BCUT2D eigenvalue weighted by Gasteiger charge is 2.44. The fraction of sp³-hybridized carbons (Fsp3) is 0.636. The van der Waals surface area contributed by atoms with E-state index in [1.165, 1.54) is 18.4 Å². The molecule has 2 saturated heterocycles. The first kappa shape index (κ1) is 20.8. The molecule has 0 radical (unpaired) electrons. The minimum absolute atomic E-state index is 0.0805. The molecule has 28 heavy (non-hydrogen) atoms. The molecule has 0 amide bonds. The average molecular weight is 389 g/mol. The highest BCUT2D eigenvalue weighted by Crippen LogP contribution is 2.36. The van der Waals surface area contributed by atoms with Crippen LogP contribution in [0.15, 0.2) is 30.6 Å². The van der Waals surface area contributed by atoms with Crippen LogP contribution in [0.1, 0.15) is 38.7 Å². The molecule has 1 aromatic carbocycles. The highest BCUT2D eigenvalue weighted by atomic mass is 16.5. The summed E-state index contributed by atoms with van der Waals surface area (Å²) in [7, 11) is 3.42. The van der Waals surface area contributed by atoms with Crippen molar-refractivity contribution < 1.29 is 9.47 Å². The number of piperidine rings is 1. The molecule has 1 aliphatic carbocycles. The second kappa shape index (κ2) is 9.05. The molecule has 3 N–H and O–H groups in total. The van der Waals surface area contributed by atoms with Crippen molar-refractivity contribution in [2.24, 2.45) is 0 Å². The van der Waals surface area contributed by atoms with E-state index in [1.807, 2.05) is 26.0 Å². The maximum Gasteiger partial charge on any atom is 0.127 e. The van der Waals surface area contributed by atoms with Gasteiger partial charge in [0.15, 0.2) is 0 Å². The Morgan fingerprint density at radius 3 is 2.54 bits per heavy atom. The van der Waals surface area contributed by atoms with Crippen molar-refractivity contribution in [3.8, 4) is 11.5 Å². The van der Waals surface area contributed by atoms with E-state index in [2.05, 4.69) is 33.5 Å². The summed E-state index contributed by atoms with van der Waals surface area (Å²) in [5.41, 5.74) is 1.30. The van der Waals surface area contributed by atoms with Gasteiger partial charge in [-0.3, -0.25) is 4.90 Å². The van der Waals surface area contributed by atoms with E-state index in [4.69, 9.17) is 9.47 Å². The Bertz CT molecular complexity index is 677. The third kappa shape index (κ3) is 4.55. The van der Waals surface area contributed by atoms with Crippen LogP contribution in [0.4, 0.5) is 0 Å². The number of nitrogens with one attached hydrogen (secondary N) is 3. The maximum absolute atomic E-state index is 5.63. The molecule has 4 rings (SSSR count). The maximum atomic E-state index is 5.63. The molecule has 2 aliphatic heterocycles. The van der Waals surface area contributed by atoms with Gasteiger partial charge in [0.1, 0.15) is 11.5 Å². The van der Waals surface area contributed by atoms with E-state index in [0.29, 0.717) is 12.1 Å². The summed E-state index contributed by atoms with van der Waals surface area (Å²) < 4.78 is 11.0. The minimum atomic E-state index is 0.0805. The summed E-state index contributed by atoms with van der Waals surface area (Å²) >= 11 is 0. The number of methoxy groups -OCH3 is 2. The third-order valence-corrected chi connectivity index (χ3v) is 5.86. The predicted octanol–water partition coefficient (Wildman–Crippen LogP) is 2.46. The molecule has 1 spiro atoms. The Morgan fingerprint density at radius 1 is 1.14 bits per heavy atom. The number of benzene rings is 1. The van der Waals surface area contributed by atoms with Crippen molar-refractivity contribution in [2.45, 2.75) is 57.3 Å². The van der Waals surface area contributed by atoms with Gasteiger partial charge in [0.05, 0.1) is 25.6 Å². The molecule has 3 aliphatic rings. The molecular weight excluding hydrogens is 352 g/mol. The Labute approximate surface area is 169 Å². The first-order valence-corrected chi connectivity index (χ1v) is 10.5. The zero-order valence-electron chi connectivity index (χ0n) is 17.8. The lowest BCUT2D eigenvalue weighted by atomic mass is 9.87. The van der Waals surface area contributed by atoms with Gasteiger partial charge in [0.25, 0.3) is 0 Å². The normalized spacial score (nSPS) is 26.3. The Morgan fingerprint density at radius 2 is 1.93 bits per heavy atom. The SMILES string of the molecule is C=C1NCC2(CNCC(N(Cc3ccc(OC)cc3OC)C3CC3)C2)N1.CC. The lowest BCUT2D eigenvalue weighted by Crippen LogP contribution is -2.62. The lowest BCUT2D eigenvalue weighted by molar-refractivity contribution is 0.110. The van der Waals surface area contributed by atoms with E-state index in [-0.39, 0.29) is 5.54 Å². The van der Waals surface area contributed by atoms with Crippen LogP contribution in [0.5, 0.6) is 11.5 Å². The van der Waals surface area contributed by atoms with Crippen LogP contribution in [-0.4, -0.2) is 56.4 Å². The van der Waals surface area contributed by atoms with Crippen molar-refractivity contribution >= 4 is 0 Å². The first-order chi connectivity index (χ1) is 13.6. The zero-order valence-corrected chi connectivity index (χ0v) is 17.8. The van der Waals surface area contributed by atoms with Gasteiger partial charge in [-0.15, -0.1) is 0 Å². The molecule has 2 unspecified atom stereocenters. The Hall–Kier alpha value is -1.92. The highest BCUT2D eigenvalue weighted by molar-refractivity contribution is 5.40. The fourth-order valence-corrected chi connectivity index (χ4v) is 4.36. The summed E-state index contributed by atoms with van der Waals surface area (Å²) in [5, 5.41) is 10.6. The molecule has 0 aromatic heterocycles. The van der Waals surface area contributed by atoms with Crippen LogP contribution in [0.3, 0.4) is 0 Å². The second-order valence-electron chi connectivity index (χ2n) is 7.81. The monoisotopic (exact) mass is 388 g/mol. The second-order valence-corrected chi connectivity index (χ2v) is 7.81. The summed E-state index contributed by atoms with van der Waals surface area (Å²) in [5.74, 6) is 2.69. The van der Waals surface area contributed by atoms with Crippen LogP contribution >= 0.6 is 0 Å². The van der Waals surface area contributed by atoms with Gasteiger partial charge < -0.3 is 25.4 Å². The van der Waals surface area contributed by atoms with Crippen molar-refractivity contribution in [2.75, 3.05) is 33.9 Å². The van der Waals surface area contributed by atoms with Crippen molar-refractivity contribution in [1.29, 1.82) is 0 Å². The van der Waals surface area contributed by atoms with Crippen molar-refractivity contribution in [3.63, 3.8) is 0 Å². The standard InChI is InChI=1S/C20H30N4O2.C2H6/c1-14-22-13-20(23-14)9-17(10-21-12-20)24(16-5-6-16)11-15-4-7-18(25-2)8-19(15)26-3;1-2/h4,7-8,16-17,21-23H,1,5-6,9-13H2,2-3H3;1-2H3. The van der Waals surface area contributed by atoms with Gasteiger partial charge in [-0.1, -0.05) is 26.5 Å². The molecule has 6 heteroatoms. The Balaban J connectivity index is 0.00000109. The third-order valence-electron chi connectivity index (χ3n) is 5.86. The quantitative estimate of drug-likeness (QED) is 0.696. The van der Waals surface area contributed by atoms with Crippen LogP contribution in [-0.2, 0) is 6.54 Å². The zero-order chi connectivity index (χ0) is 20.1. The average Bonchev–Trinajstić information content (AvgIpc) is 3.51. The molecule has 2 heterocycles. The van der Waals surface area contributed by atoms with E-state index >= 15 is 0 Å². The minimum Gasteiger partial charge on any atom is -0.497 e. The Kier molecular flexibility index (Phi) is 6.73. The summed E-state index contributed by atoms with van der Waals surface area (Å²) in [6.07, 6.45) is 3.71. The van der Waals surface area contributed by atoms with Crippen LogP contribution in [0, 0.1) is 0 Å². The molecular formula is C22H36N4O2. The number of hydrogen-bond donors (Lipinski definition) is 3. The van der Waals surface area contributed by atoms with E-state index in [0.717, 1.165) is 49.9 Å². The van der Waals surface area contributed by atoms with Crippen molar-refractivity contribution in [1.82, 2.24) is 20.9 Å². The number of hydrogen-bond acceptors (Lipinski definition) is 6. The lowest BCUT2D eigenvalue weighted by Gasteiger charge is -2.43. The number of nitrogens with zero attached hydrogens (tertiary/aromatic N) is 1. The summed E-state index contributed by atoms with van der Waals surface area (Å²) in [6.45, 7) is 11.9.